The Morgan fingerprint density at radius 3 is 2.27 bits per heavy atom. The van der Waals surface area contributed by atoms with E-state index in [2.05, 4.69) is 49.5 Å². The number of carbonyl (C=O) groups is 2. The van der Waals surface area contributed by atoms with Crippen molar-refractivity contribution in [3.05, 3.63) is 125 Å². The van der Waals surface area contributed by atoms with Gasteiger partial charge in [0.15, 0.2) is 0 Å². The van der Waals surface area contributed by atoms with E-state index >= 15 is 0 Å². The van der Waals surface area contributed by atoms with Gasteiger partial charge in [-0.15, -0.1) is 0 Å². The number of benzene rings is 4. The monoisotopic (exact) mass is 587 g/mol. The normalized spacial score (nSPS) is 12.4. The molecule has 0 spiro atoms. The van der Waals surface area contributed by atoms with Crippen LogP contribution in [0.3, 0.4) is 0 Å². The number of carbonyl (C=O) groups excluding carboxylic acids is 2. The summed E-state index contributed by atoms with van der Waals surface area (Å²) >= 11 is 0. The first-order valence-electron chi connectivity index (χ1n) is 15.2. The van der Waals surface area contributed by atoms with Crippen LogP contribution in [0.2, 0.25) is 0 Å². The largest absolute Gasteiger partial charge is 0.456 e. The molecule has 1 aromatic heterocycles. The molecule has 226 valence electrons. The predicted molar refractivity (Wildman–Crippen MR) is 177 cm³/mol. The van der Waals surface area contributed by atoms with Gasteiger partial charge < -0.3 is 10.1 Å². The Morgan fingerprint density at radius 2 is 1.57 bits per heavy atom. The van der Waals surface area contributed by atoms with Crippen molar-refractivity contribution in [3.8, 4) is 11.1 Å². The van der Waals surface area contributed by atoms with Gasteiger partial charge in [0.05, 0.1) is 29.4 Å². The molecule has 0 saturated carbocycles. The average molecular weight is 588 g/mol. The highest BCUT2D eigenvalue weighted by Crippen LogP contribution is 2.27. The first-order chi connectivity index (χ1) is 20.9. The van der Waals surface area contributed by atoms with Crippen molar-refractivity contribution in [2.45, 2.75) is 72.6 Å². The summed E-state index contributed by atoms with van der Waals surface area (Å²) in [6.07, 6.45) is 0. The van der Waals surface area contributed by atoms with E-state index in [-0.39, 0.29) is 17.9 Å². The number of nitrogens with one attached hydrogen (secondary N) is 1. The number of ether oxygens (including phenoxy) is 1. The lowest BCUT2D eigenvalue weighted by molar-refractivity contribution is 0.00703. The Bertz CT molecular complexity index is 1810. The van der Waals surface area contributed by atoms with Crippen LogP contribution in [-0.2, 0) is 11.3 Å². The van der Waals surface area contributed by atoms with Gasteiger partial charge in [0, 0.05) is 10.9 Å². The first-order valence-corrected chi connectivity index (χ1v) is 15.2. The van der Waals surface area contributed by atoms with Crippen LogP contribution in [0.15, 0.2) is 91.0 Å². The number of amides is 1. The molecule has 6 nitrogen and oxygen atoms in total. The van der Waals surface area contributed by atoms with Crippen LogP contribution in [0.5, 0.6) is 0 Å². The molecule has 0 saturated heterocycles. The first kappa shape index (κ1) is 30.7. The van der Waals surface area contributed by atoms with E-state index in [0.29, 0.717) is 23.6 Å². The van der Waals surface area contributed by atoms with Gasteiger partial charge in [-0.05, 0) is 92.6 Å². The Hall–Kier alpha value is -4.71. The third kappa shape index (κ3) is 6.91. The molecule has 0 bridgehead atoms. The van der Waals surface area contributed by atoms with Crippen molar-refractivity contribution in [2.75, 3.05) is 0 Å². The molecule has 0 aliphatic heterocycles. The van der Waals surface area contributed by atoms with Crippen molar-refractivity contribution in [2.24, 2.45) is 0 Å². The fourth-order valence-electron chi connectivity index (χ4n) is 5.36. The zero-order chi connectivity index (χ0) is 31.6. The molecular formula is C38H41N3O3. The minimum Gasteiger partial charge on any atom is -0.456 e. The van der Waals surface area contributed by atoms with Crippen LogP contribution in [0.25, 0.3) is 22.0 Å². The van der Waals surface area contributed by atoms with Crippen molar-refractivity contribution in [1.82, 2.24) is 15.1 Å². The highest BCUT2D eigenvalue weighted by molar-refractivity contribution is 5.99. The Balaban J connectivity index is 1.32. The smallest absolute Gasteiger partial charge is 0.339 e. The molecule has 5 rings (SSSR count). The number of esters is 1. The second-order valence-corrected chi connectivity index (χ2v) is 12.7. The zero-order valence-corrected chi connectivity index (χ0v) is 26.6. The van der Waals surface area contributed by atoms with Crippen LogP contribution in [0.4, 0.5) is 0 Å². The number of nitrogens with zero attached hydrogens (tertiary/aromatic N) is 2. The maximum atomic E-state index is 13.2. The fraction of sp³-hybridized carbons (Fsp3) is 0.289. The van der Waals surface area contributed by atoms with Crippen LogP contribution in [-0.4, -0.2) is 27.3 Å². The van der Waals surface area contributed by atoms with Gasteiger partial charge >= 0.3 is 5.97 Å². The molecule has 0 aliphatic carbocycles. The molecule has 5 aromatic rings. The van der Waals surface area contributed by atoms with E-state index in [1.165, 1.54) is 5.56 Å². The number of hydrogen-bond donors (Lipinski definition) is 1. The number of aryl methyl sites for hydroxylation is 1. The number of aromatic nitrogens is 2. The van der Waals surface area contributed by atoms with Crippen LogP contribution in [0.1, 0.15) is 96.6 Å². The number of rotatable bonds is 8. The lowest BCUT2D eigenvalue weighted by Crippen LogP contribution is -2.26. The van der Waals surface area contributed by atoms with E-state index in [0.717, 1.165) is 38.9 Å². The second kappa shape index (κ2) is 12.5. The molecule has 44 heavy (non-hydrogen) atoms. The molecule has 6 heteroatoms. The summed E-state index contributed by atoms with van der Waals surface area (Å²) in [6, 6.07) is 29.7. The maximum Gasteiger partial charge on any atom is 0.339 e. The van der Waals surface area contributed by atoms with Crippen molar-refractivity contribution in [1.29, 1.82) is 0 Å². The summed E-state index contributed by atoms with van der Waals surface area (Å²) in [5, 5.41) is 8.90. The molecule has 1 heterocycles. The topological polar surface area (TPSA) is 73.2 Å². The maximum absolute atomic E-state index is 13.2. The average Bonchev–Trinajstić information content (AvgIpc) is 3.30. The minimum atomic E-state index is -0.568. The van der Waals surface area contributed by atoms with E-state index < -0.39 is 5.60 Å². The zero-order valence-electron chi connectivity index (χ0n) is 26.6. The van der Waals surface area contributed by atoms with Crippen LogP contribution in [0, 0.1) is 6.92 Å². The summed E-state index contributed by atoms with van der Waals surface area (Å²) < 4.78 is 7.60. The molecule has 0 radical (unpaired) electrons. The Kier molecular flexibility index (Phi) is 8.73. The Morgan fingerprint density at radius 1 is 0.864 bits per heavy atom. The lowest BCUT2D eigenvalue weighted by Gasteiger charge is -2.20. The highest BCUT2D eigenvalue weighted by Gasteiger charge is 2.21. The van der Waals surface area contributed by atoms with Crippen molar-refractivity contribution in [3.63, 3.8) is 0 Å². The molecule has 1 amide bonds. The van der Waals surface area contributed by atoms with Gasteiger partial charge in [-0.2, -0.15) is 5.10 Å². The number of hydrogen-bond acceptors (Lipinski definition) is 4. The van der Waals surface area contributed by atoms with Gasteiger partial charge in [-0.1, -0.05) is 80.6 Å². The summed E-state index contributed by atoms with van der Waals surface area (Å²) in [4.78, 5) is 26.1. The molecule has 0 fully saturated rings. The fourth-order valence-corrected chi connectivity index (χ4v) is 5.36. The summed E-state index contributed by atoms with van der Waals surface area (Å²) in [7, 11) is 0. The van der Waals surface area contributed by atoms with Gasteiger partial charge in [-0.3, -0.25) is 9.48 Å². The standard InChI is InChI=1S/C38H41N3O3/c1-24(2)29-11-10-12-30(21-29)25(3)39-36(42)31-19-20-35-34(22-31)26(4)40-41(35)23-27-15-17-28(18-16-27)32-13-8-9-14-33(32)37(43)44-38(5,6)7/h8-22,24-25H,23H2,1-7H3,(H,39,42)/t25-/m0/s1. The molecule has 0 aliphatic rings. The third-order valence-electron chi connectivity index (χ3n) is 7.77. The molecular weight excluding hydrogens is 546 g/mol. The third-order valence-corrected chi connectivity index (χ3v) is 7.77. The summed E-state index contributed by atoms with van der Waals surface area (Å²) in [6.45, 7) is 14.5. The molecule has 4 aromatic carbocycles. The van der Waals surface area contributed by atoms with Crippen molar-refractivity contribution < 1.29 is 14.3 Å². The molecule has 1 atom stereocenters. The van der Waals surface area contributed by atoms with E-state index in [4.69, 9.17) is 9.84 Å². The quantitative estimate of drug-likeness (QED) is 0.185. The van der Waals surface area contributed by atoms with Gasteiger partial charge in [0.25, 0.3) is 5.91 Å². The van der Waals surface area contributed by atoms with Crippen LogP contribution < -0.4 is 5.32 Å². The van der Waals surface area contributed by atoms with Gasteiger partial charge in [-0.25, -0.2) is 4.79 Å². The van der Waals surface area contributed by atoms with E-state index in [9.17, 15) is 9.59 Å². The lowest BCUT2D eigenvalue weighted by atomic mass is 9.98. The minimum absolute atomic E-state index is 0.108. The van der Waals surface area contributed by atoms with E-state index in [1.807, 2.05) is 93.9 Å². The molecule has 1 N–H and O–H groups in total. The SMILES string of the molecule is Cc1nn(Cc2ccc(-c3ccccc3C(=O)OC(C)(C)C)cc2)c2ccc(C(=O)N[C@@H](C)c3cccc(C(C)C)c3)cc12. The summed E-state index contributed by atoms with van der Waals surface area (Å²) in [5.41, 5.74) is 7.63. The second-order valence-electron chi connectivity index (χ2n) is 12.7. The van der Waals surface area contributed by atoms with Crippen molar-refractivity contribution >= 4 is 22.8 Å². The van der Waals surface area contributed by atoms with Gasteiger partial charge in [0.2, 0.25) is 0 Å². The Labute approximate surface area is 260 Å². The van der Waals surface area contributed by atoms with Gasteiger partial charge in [0.1, 0.15) is 5.60 Å². The number of fused-ring (bicyclic) bond motifs is 1. The van der Waals surface area contributed by atoms with Crippen LogP contribution >= 0.6 is 0 Å². The van der Waals surface area contributed by atoms with E-state index in [1.54, 1.807) is 6.07 Å². The molecule has 0 unspecified atom stereocenters. The summed E-state index contributed by atoms with van der Waals surface area (Å²) in [5.74, 6) is -0.0131. The predicted octanol–water partition coefficient (Wildman–Crippen LogP) is 8.63. The highest BCUT2D eigenvalue weighted by atomic mass is 16.6.